The van der Waals surface area contributed by atoms with Crippen LogP contribution in [0.25, 0.3) is 15.5 Å². The maximum Gasteiger partial charge on any atom is 0.257 e. The molecule has 29 heavy (non-hydrogen) atoms. The zero-order valence-electron chi connectivity index (χ0n) is 15.8. The predicted octanol–water partition coefficient (Wildman–Crippen LogP) is 3.85. The molecule has 0 radical (unpaired) electrons. The van der Waals surface area contributed by atoms with E-state index in [-0.39, 0.29) is 11.0 Å². The van der Waals surface area contributed by atoms with Crippen molar-refractivity contribution in [3.8, 4) is 10.6 Å². The quantitative estimate of drug-likeness (QED) is 0.486. The van der Waals surface area contributed by atoms with Crippen LogP contribution < -0.4 is 10.6 Å². The molecule has 0 unspecified atom stereocenters. The number of rotatable bonds is 4. The molecule has 2 aromatic heterocycles. The third-order valence-corrected chi connectivity index (χ3v) is 5.52. The Bertz CT molecular complexity index is 1200. The van der Waals surface area contributed by atoms with E-state index in [1.165, 1.54) is 16.9 Å². The molecule has 0 saturated carbocycles. The van der Waals surface area contributed by atoms with Crippen LogP contribution in [0.3, 0.4) is 0 Å². The van der Waals surface area contributed by atoms with E-state index in [1.807, 2.05) is 43.3 Å². The van der Waals surface area contributed by atoms with Crippen molar-refractivity contribution >= 4 is 45.2 Å². The Morgan fingerprint density at radius 1 is 1.17 bits per heavy atom. The Morgan fingerprint density at radius 3 is 2.69 bits per heavy atom. The van der Waals surface area contributed by atoms with Gasteiger partial charge >= 0.3 is 0 Å². The maximum atomic E-state index is 12.4. The number of hydrogen-bond donors (Lipinski definition) is 2. The Kier molecular flexibility index (Phi) is 5.32. The molecule has 2 heterocycles. The van der Waals surface area contributed by atoms with Crippen LogP contribution in [0.2, 0.25) is 0 Å². The number of amides is 1. The lowest BCUT2D eigenvalue weighted by Gasteiger charge is -2.10. The fourth-order valence-electron chi connectivity index (χ4n) is 2.79. The molecule has 2 N–H and O–H groups in total. The largest absolute Gasteiger partial charge is 0.332 e. The van der Waals surface area contributed by atoms with Gasteiger partial charge < -0.3 is 5.32 Å². The smallest absolute Gasteiger partial charge is 0.257 e. The predicted molar refractivity (Wildman–Crippen MR) is 118 cm³/mol. The first-order valence-electron chi connectivity index (χ1n) is 9.04. The minimum absolute atomic E-state index is 0.237. The second-order valence-electron chi connectivity index (χ2n) is 6.39. The van der Waals surface area contributed by atoms with Crippen molar-refractivity contribution in [3.05, 3.63) is 65.5 Å². The Labute approximate surface area is 176 Å². The first kappa shape index (κ1) is 19.2. The van der Waals surface area contributed by atoms with Gasteiger partial charge in [-0.3, -0.25) is 10.1 Å². The number of carbonyl (C=O) groups is 1. The van der Waals surface area contributed by atoms with Crippen molar-refractivity contribution < 1.29 is 4.79 Å². The Morgan fingerprint density at radius 2 is 1.97 bits per heavy atom. The molecule has 0 spiro atoms. The molecule has 0 bridgehead atoms. The van der Waals surface area contributed by atoms with Crippen molar-refractivity contribution in [2.45, 2.75) is 20.3 Å². The van der Waals surface area contributed by atoms with Crippen LogP contribution in [0.15, 0.2) is 48.5 Å². The van der Waals surface area contributed by atoms with Crippen molar-refractivity contribution in [3.63, 3.8) is 0 Å². The summed E-state index contributed by atoms with van der Waals surface area (Å²) in [5.74, 6) is 0.498. The van der Waals surface area contributed by atoms with E-state index in [2.05, 4.69) is 32.9 Å². The summed E-state index contributed by atoms with van der Waals surface area (Å²) in [4.78, 5) is 13.1. The van der Waals surface area contributed by atoms with E-state index in [0.29, 0.717) is 5.56 Å². The molecule has 7 nitrogen and oxygen atoms in total. The molecule has 2 aromatic carbocycles. The number of aryl methyl sites for hydroxylation is 2. The summed E-state index contributed by atoms with van der Waals surface area (Å²) in [5.41, 5.74) is 3.43. The van der Waals surface area contributed by atoms with E-state index in [1.54, 1.807) is 16.6 Å². The third kappa shape index (κ3) is 4.15. The summed E-state index contributed by atoms with van der Waals surface area (Å²) >= 11 is 6.76. The van der Waals surface area contributed by atoms with E-state index in [9.17, 15) is 4.79 Å². The number of fused-ring (bicyclic) bond motifs is 1. The van der Waals surface area contributed by atoms with Gasteiger partial charge in [-0.2, -0.15) is 9.61 Å². The van der Waals surface area contributed by atoms with Gasteiger partial charge in [-0.25, -0.2) is 0 Å². The van der Waals surface area contributed by atoms with Crippen LogP contribution in [0.5, 0.6) is 0 Å². The highest BCUT2D eigenvalue weighted by molar-refractivity contribution is 7.80. The van der Waals surface area contributed by atoms with Gasteiger partial charge in [-0.15, -0.1) is 10.2 Å². The zero-order chi connectivity index (χ0) is 20.4. The number of carbonyl (C=O) groups excluding carboxylic acids is 1. The van der Waals surface area contributed by atoms with Gasteiger partial charge in [0.25, 0.3) is 5.91 Å². The van der Waals surface area contributed by atoms with Crippen molar-refractivity contribution in [2.24, 2.45) is 0 Å². The molecule has 0 aliphatic rings. The molecular weight excluding hydrogens is 404 g/mol. The van der Waals surface area contributed by atoms with Gasteiger partial charge in [0.1, 0.15) is 5.01 Å². The molecule has 4 aromatic rings. The lowest BCUT2D eigenvalue weighted by Crippen LogP contribution is -2.34. The third-order valence-electron chi connectivity index (χ3n) is 4.37. The lowest BCUT2D eigenvalue weighted by atomic mass is 10.1. The van der Waals surface area contributed by atoms with Gasteiger partial charge in [-0.1, -0.05) is 42.5 Å². The highest BCUT2D eigenvalue weighted by Crippen LogP contribution is 2.27. The number of nitrogens with zero attached hydrogens (tertiary/aromatic N) is 4. The number of thiocarbonyl (C=S) groups is 1. The number of nitrogens with one attached hydrogen (secondary N) is 2. The monoisotopic (exact) mass is 422 g/mol. The molecule has 0 atom stereocenters. The molecular formula is C20H18N6OS2. The van der Waals surface area contributed by atoms with Gasteiger partial charge in [0.2, 0.25) is 4.96 Å². The maximum absolute atomic E-state index is 12.4. The summed E-state index contributed by atoms with van der Waals surface area (Å²) in [6.07, 6.45) is 0.930. The summed E-state index contributed by atoms with van der Waals surface area (Å²) in [7, 11) is 0. The van der Waals surface area contributed by atoms with Gasteiger partial charge in [0.15, 0.2) is 10.9 Å². The van der Waals surface area contributed by atoms with Crippen LogP contribution in [-0.4, -0.2) is 30.8 Å². The zero-order valence-corrected chi connectivity index (χ0v) is 17.5. The summed E-state index contributed by atoms with van der Waals surface area (Å²) < 4.78 is 1.72. The van der Waals surface area contributed by atoms with E-state index < -0.39 is 0 Å². The fraction of sp³-hybridized carbons (Fsp3) is 0.150. The minimum atomic E-state index is -0.245. The van der Waals surface area contributed by atoms with Gasteiger partial charge in [0, 0.05) is 16.8 Å². The number of benzene rings is 2. The highest BCUT2D eigenvalue weighted by Gasteiger charge is 2.12. The molecule has 4 rings (SSSR count). The SMILES string of the molecule is CCc1ccc(C(=O)NC(=S)Nc2cccc(-c3nn4c(C)nnc4s3)c2)cc1. The normalized spacial score (nSPS) is 10.8. The average Bonchev–Trinajstić information content (AvgIpc) is 3.30. The number of aromatic nitrogens is 4. The van der Waals surface area contributed by atoms with E-state index in [0.717, 1.165) is 33.5 Å². The molecule has 0 aliphatic heterocycles. The topological polar surface area (TPSA) is 84.2 Å². The van der Waals surface area contributed by atoms with Crippen LogP contribution >= 0.6 is 23.6 Å². The summed E-state index contributed by atoms with van der Waals surface area (Å²) in [6, 6.07) is 15.1. The first-order chi connectivity index (χ1) is 14.0. The number of hydrogen-bond acceptors (Lipinski definition) is 6. The van der Waals surface area contributed by atoms with E-state index >= 15 is 0 Å². The first-order valence-corrected chi connectivity index (χ1v) is 10.3. The van der Waals surface area contributed by atoms with Crippen molar-refractivity contribution in [1.29, 1.82) is 0 Å². The Hall–Kier alpha value is -3.17. The van der Waals surface area contributed by atoms with Gasteiger partial charge in [-0.05, 0) is 55.4 Å². The van der Waals surface area contributed by atoms with Crippen LogP contribution in [0.1, 0.15) is 28.7 Å². The highest BCUT2D eigenvalue weighted by atomic mass is 32.1. The Balaban J connectivity index is 1.45. The minimum Gasteiger partial charge on any atom is -0.332 e. The molecule has 0 aliphatic carbocycles. The summed E-state index contributed by atoms with van der Waals surface area (Å²) in [6.45, 7) is 3.93. The van der Waals surface area contributed by atoms with Gasteiger partial charge in [0.05, 0.1) is 0 Å². The fourth-order valence-corrected chi connectivity index (χ4v) is 3.88. The molecule has 0 saturated heterocycles. The standard InChI is InChI=1S/C20H18N6OS2/c1-3-13-7-9-14(10-8-13)17(27)22-19(28)21-16-6-4-5-15(11-16)18-25-26-12(2)23-24-20(26)29-18/h4-11H,3H2,1-2H3,(H2,21,22,27,28). The molecule has 0 fully saturated rings. The molecule has 146 valence electrons. The lowest BCUT2D eigenvalue weighted by molar-refractivity contribution is 0.0977. The van der Waals surface area contributed by atoms with Crippen molar-refractivity contribution in [2.75, 3.05) is 5.32 Å². The second-order valence-corrected chi connectivity index (χ2v) is 7.75. The van der Waals surface area contributed by atoms with Crippen LogP contribution in [0.4, 0.5) is 5.69 Å². The van der Waals surface area contributed by atoms with Crippen LogP contribution in [0, 0.1) is 6.92 Å². The number of anilines is 1. The second kappa shape index (κ2) is 8.06. The van der Waals surface area contributed by atoms with E-state index in [4.69, 9.17) is 12.2 Å². The average molecular weight is 423 g/mol. The van der Waals surface area contributed by atoms with Crippen LogP contribution in [-0.2, 0) is 6.42 Å². The van der Waals surface area contributed by atoms with Crippen molar-refractivity contribution in [1.82, 2.24) is 25.1 Å². The molecule has 1 amide bonds. The molecule has 9 heteroatoms. The summed E-state index contributed by atoms with van der Waals surface area (Å²) in [5, 5.41) is 19.5.